The summed E-state index contributed by atoms with van der Waals surface area (Å²) in [6, 6.07) is 11.9. The zero-order valence-electron chi connectivity index (χ0n) is 22.2. The molecule has 2 fully saturated rings. The van der Waals surface area contributed by atoms with E-state index in [1.165, 1.54) is 17.7 Å². The second-order valence-corrected chi connectivity index (χ2v) is 10.6. The minimum Gasteiger partial charge on any atom is -0.379 e. The first-order valence-corrected chi connectivity index (χ1v) is 13.5. The van der Waals surface area contributed by atoms with Gasteiger partial charge in [-0.2, -0.15) is 5.10 Å². The van der Waals surface area contributed by atoms with Gasteiger partial charge in [0.15, 0.2) is 5.69 Å². The van der Waals surface area contributed by atoms with Crippen molar-refractivity contribution in [2.45, 2.75) is 38.6 Å². The summed E-state index contributed by atoms with van der Waals surface area (Å²) in [5.74, 6) is -0.541. The fourth-order valence-electron chi connectivity index (χ4n) is 5.28. The maximum absolute atomic E-state index is 13.8. The maximum Gasteiger partial charge on any atom is 0.274 e. The highest BCUT2D eigenvalue weighted by Gasteiger charge is 2.35. The second-order valence-electron chi connectivity index (χ2n) is 10.6. The first-order valence-electron chi connectivity index (χ1n) is 13.5. The lowest BCUT2D eigenvalue weighted by atomic mass is 10.0. The van der Waals surface area contributed by atoms with Crippen LogP contribution in [0.1, 0.15) is 57.5 Å². The number of halogens is 1. The molecule has 1 saturated heterocycles. The zero-order chi connectivity index (χ0) is 27.1. The molecule has 1 amide bonds. The third kappa shape index (κ3) is 5.24. The number of H-pyrrole nitrogens is 1. The zero-order valence-corrected chi connectivity index (χ0v) is 22.2. The van der Waals surface area contributed by atoms with Gasteiger partial charge in [0.25, 0.3) is 11.5 Å². The fraction of sp³-hybridized carbons (Fsp3) is 0.367. The molecule has 1 saturated carbocycles. The van der Waals surface area contributed by atoms with Crippen molar-refractivity contribution >= 4 is 11.4 Å². The number of benzene rings is 2. The van der Waals surface area contributed by atoms with Crippen LogP contribution in [0, 0.1) is 19.7 Å². The number of nitrogens with zero attached hydrogens (tertiary/aromatic N) is 3. The van der Waals surface area contributed by atoms with Gasteiger partial charge in [0.1, 0.15) is 11.3 Å². The average Bonchev–Trinajstić information content (AvgIpc) is 3.70. The minimum absolute atomic E-state index is 0.125. The van der Waals surface area contributed by atoms with Crippen LogP contribution in [0.2, 0.25) is 0 Å². The molecule has 202 valence electrons. The van der Waals surface area contributed by atoms with Gasteiger partial charge < -0.3 is 15.0 Å². The molecule has 2 aromatic heterocycles. The van der Waals surface area contributed by atoms with Crippen LogP contribution >= 0.6 is 0 Å². The van der Waals surface area contributed by atoms with Crippen LogP contribution in [0.5, 0.6) is 0 Å². The van der Waals surface area contributed by atoms with Gasteiger partial charge in [-0.05, 0) is 73.1 Å². The molecule has 1 atom stereocenters. The van der Waals surface area contributed by atoms with Crippen molar-refractivity contribution in [3.63, 3.8) is 0 Å². The molecule has 4 aromatic rings. The lowest BCUT2D eigenvalue weighted by molar-refractivity contribution is 0.0332. The Morgan fingerprint density at radius 2 is 1.87 bits per heavy atom. The monoisotopic (exact) mass is 529 g/mol. The standard InChI is InChI=1S/C30H32FN5O3/c1-18-3-4-22(15-19(18)2)25-17-36-28(30(38)33-25)26(21-5-6-21)27(34-36)29(37)32-24(16-35-11-13-39-14-12-35)20-7-9-23(31)10-8-20/h3-4,7-10,15,17,21,24H,5-6,11-14,16H2,1-2H3,(H,32,37)(H,33,38). The molecule has 0 spiro atoms. The van der Waals surface area contributed by atoms with Gasteiger partial charge in [-0.25, -0.2) is 8.91 Å². The Morgan fingerprint density at radius 1 is 1.13 bits per heavy atom. The summed E-state index contributed by atoms with van der Waals surface area (Å²) >= 11 is 0. The van der Waals surface area contributed by atoms with E-state index in [4.69, 9.17) is 4.74 Å². The lowest BCUT2D eigenvalue weighted by Crippen LogP contribution is -2.43. The molecule has 8 nitrogen and oxygen atoms in total. The Morgan fingerprint density at radius 3 is 2.56 bits per heavy atom. The van der Waals surface area contributed by atoms with Gasteiger partial charge in [0, 0.05) is 25.2 Å². The highest BCUT2D eigenvalue weighted by Crippen LogP contribution is 2.43. The van der Waals surface area contributed by atoms with Crippen molar-refractivity contribution in [3.05, 3.63) is 92.8 Å². The molecule has 1 unspecified atom stereocenters. The first kappa shape index (κ1) is 25.5. The number of fused-ring (bicyclic) bond motifs is 1. The van der Waals surface area contributed by atoms with E-state index >= 15 is 0 Å². The third-order valence-electron chi connectivity index (χ3n) is 7.80. The van der Waals surface area contributed by atoms with E-state index in [1.54, 1.807) is 22.8 Å². The average molecular weight is 530 g/mol. The molecule has 1 aliphatic heterocycles. The summed E-state index contributed by atoms with van der Waals surface area (Å²) in [4.78, 5) is 32.4. The number of ether oxygens (including phenoxy) is 1. The van der Waals surface area contributed by atoms with Gasteiger partial charge >= 0.3 is 0 Å². The van der Waals surface area contributed by atoms with Crippen LogP contribution in [0.3, 0.4) is 0 Å². The van der Waals surface area contributed by atoms with Crippen molar-refractivity contribution in [2.24, 2.45) is 0 Å². The number of aromatic nitrogens is 3. The van der Waals surface area contributed by atoms with E-state index < -0.39 is 0 Å². The molecule has 2 aromatic carbocycles. The number of nitrogens with one attached hydrogen (secondary N) is 2. The number of hydrogen-bond donors (Lipinski definition) is 2. The predicted octanol–water partition coefficient (Wildman–Crippen LogP) is 4.13. The smallest absolute Gasteiger partial charge is 0.274 e. The Hall–Kier alpha value is -3.82. The van der Waals surface area contributed by atoms with Gasteiger partial charge in [0.05, 0.1) is 31.1 Å². The van der Waals surface area contributed by atoms with E-state index in [0.717, 1.165) is 42.6 Å². The Balaban J connectivity index is 1.36. The summed E-state index contributed by atoms with van der Waals surface area (Å²) in [6.45, 7) is 7.42. The normalized spacial score (nSPS) is 16.9. The van der Waals surface area contributed by atoms with E-state index in [0.29, 0.717) is 36.5 Å². The Bertz CT molecular complexity index is 1580. The van der Waals surface area contributed by atoms with Crippen molar-refractivity contribution in [2.75, 3.05) is 32.8 Å². The first-order chi connectivity index (χ1) is 18.9. The van der Waals surface area contributed by atoms with Gasteiger partial charge in [-0.15, -0.1) is 0 Å². The topological polar surface area (TPSA) is 91.7 Å². The van der Waals surface area contributed by atoms with Gasteiger partial charge in [0.2, 0.25) is 0 Å². The molecule has 2 aliphatic rings. The molecule has 0 radical (unpaired) electrons. The molecular weight excluding hydrogens is 497 g/mol. The molecule has 0 bridgehead atoms. The molecule has 3 heterocycles. The van der Waals surface area contributed by atoms with Crippen LogP contribution in [-0.4, -0.2) is 58.3 Å². The summed E-state index contributed by atoms with van der Waals surface area (Å²) in [5, 5.41) is 7.81. The number of rotatable bonds is 7. The Labute approximate surface area is 225 Å². The number of aryl methyl sites for hydroxylation is 2. The van der Waals surface area contributed by atoms with Crippen LogP contribution in [0.25, 0.3) is 16.8 Å². The van der Waals surface area contributed by atoms with E-state index in [1.807, 2.05) is 32.0 Å². The van der Waals surface area contributed by atoms with E-state index in [9.17, 15) is 14.0 Å². The number of carbonyl (C=O) groups excluding carboxylic acids is 1. The highest BCUT2D eigenvalue weighted by atomic mass is 19.1. The third-order valence-corrected chi connectivity index (χ3v) is 7.80. The molecule has 9 heteroatoms. The lowest BCUT2D eigenvalue weighted by Gasteiger charge is -2.31. The van der Waals surface area contributed by atoms with Gasteiger partial charge in [-0.1, -0.05) is 24.3 Å². The number of aromatic amines is 1. The van der Waals surface area contributed by atoms with Crippen LogP contribution in [0.4, 0.5) is 4.39 Å². The number of amides is 1. The van der Waals surface area contributed by atoms with Crippen molar-refractivity contribution in [3.8, 4) is 11.3 Å². The molecular formula is C30H32FN5O3. The number of carbonyl (C=O) groups is 1. The summed E-state index contributed by atoms with van der Waals surface area (Å²) in [7, 11) is 0. The summed E-state index contributed by atoms with van der Waals surface area (Å²) in [6.07, 6.45) is 3.61. The quantitative estimate of drug-likeness (QED) is 0.376. The fourth-order valence-corrected chi connectivity index (χ4v) is 5.28. The van der Waals surface area contributed by atoms with Crippen LogP contribution in [-0.2, 0) is 4.74 Å². The van der Waals surface area contributed by atoms with Crippen molar-refractivity contribution < 1.29 is 13.9 Å². The molecule has 39 heavy (non-hydrogen) atoms. The van der Waals surface area contributed by atoms with Crippen molar-refractivity contribution in [1.29, 1.82) is 0 Å². The summed E-state index contributed by atoms with van der Waals surface area (Å²) in [5.41, 5.74) is 5.76. The second kappa shape index (κ2) is 10.4. The molecule has 6 rings (SSSR count). The number of hydrogen-bond acceptors (Lipinski definition) is 5. The predicted molar refractivity (Wildman–Crippen MR) is 147 cm³/mol. The minimum atomic E-state index is -0.377. The SMILES string of the molecule is Cc1ccc(-c2cn3nc(C(=O)NC(CN4CCOCC4)c4ccc(F)cc4)c(C4CC4)c3c(=O)[nH]2)cc1C. The number of morpholine rings is 1. The molecule has 1 aliphatic carbocycles. The van der Waals surface area contributed by atoms with E-state index in [-0.39, 0.29) is 34.9 Å². The molecule has 2 N–H and O–H groups in total. The van der Waals surface area contributed by atoms with E-state index in [2.05, 4.69) is 20.3 Å². The Kier molecular flexibility index (Phi) is 6.78. The largest absolute Gasteiger partial charge is 0.379 e. The maximum atomic E-state index is 13.8. The van der Waals surface area contributed by atoms with Crippen LogP contribution < -0.4 is 10.9 Å². The van der Waals surface area contributed by atoms with Crippen LogP contribution in [0.15, 0.2) is 53.5 Å². The summed E-state index contributed by atoms with van der Waals surface area (Å²) < 4.78 is 20.7. The van der Waals surface area contributed by atoms with Gasteiger partial charge in [-0.3, -0.25) is 14.5 Å². The highest BCUT2D eigenvalue weighted by molar-refractivity contribution is 5.96. The van der Waals surface area contributed by atoms with Crippen molar-refractivity contribution in [1.82, 2.24) is 24.8 Å².